The highest BCUT2D eigenvalue weighted by atomic mass is 16.5. The number of carbonyl (C=O) groups excluding carboxylic acids is 1. The van der Waals surface area contributed by atoms with Crippen LogP contribution in [-0.4, -0.2) is 22.0 Å². The number of hydrogen-bond acceptors (Lipinski definition) is 4. The van der Waals surface area contributed by atoms with E-state index in [0.29, 0.717) is 30.4 Å². The van der Waals surface area contributed by atoms with Crippen molar-refractivity contribution in [2.45, 2.75) is 64.4 Å². The molecule has 2 N–H and O–H groups in total. The van der Waals surface area contributed by atoms with Crippen molar-refractivity contribution in [2.75, 3.05) is 0 Å². The van der Waals surface area contributed by atoms with Gasteiger partial charge in [0, 0.05) is 17.4 Å². The van der Waals surface area contributed by atoms with Crippen molar-refractivity contribution in [3.8, 4) is 5.75 Å². The summed E-state index contributed by atoms with van der Waals surface area (Å²) in [6.45, 7) is 2.65. The van der Waals surface area contributed by atoms with Crippen LogP contribution >= 0.6 is 0 Å². The molecule has 34 heavy (non-hydrogen) atoms. The van der Waals surface area contributed by atoms with Crippen LogP contribution in [0.3, 0.4) is 0 Å². The zero-order valence-corrected chi connectivity index (χ0v) is 19.6. The maximum atomic E-state index is 12.7. The lowest BCUT2D eigenvalue weighted by Crippen LogP contribution is -2.41. The summed E-state index contributed by atoms with van der Waals surface area (Å²) in [5.74, 6) is 0.988. The number of carboxylic acid groups (broad SMARTS) is 1. The van der Waals surface area contributed by atoms with Crippen molar-refractivity contribution in [1.29, 1.82) is 0 Å². The number of carboxylic acids is 1. The van der Waals surface area contributed by atoms with Crippen LogP contribution in [-0.2, 0) is 22.6 Å². The van der Waals surface area contributed by atoms with Crippen LogP contribution in [0, 0.1) is 17.3 Å². The molecule has 3 unspecified atom stereocenters. The number of benzene rings is 2. The number of ketones is 1. The molecule has 0 radical (unpaired) electrons. The average molecular weight is 461 g/mol. The first-order valence-electron chi connectivity index (χ1n) is 12.3. The molecule has 2 aromatic rings. The quantitative estimate of drug-likeness (QED) is 0.531. The summed E-state index contributed by atoms with van der Waals surface area (Å²) in [6, 6.07) is 16.6. The van der Waals surface area contributed by atoms with Gasteiger partial charge in [-0.2, -0.15) is 0 Å². The van der Waals surface area contributed by atoms with Crippen LogP contribution in [0.4, 0.5) is 0 Å². The van der Waals surface area contributed by atoms with E-state index in [-0.39, 0.29) is 35.7 Å². The zero-order valence-electron chi connectivity index (χ0n) is 19.6. The molecule has 1 saturated carbocycles. The van der Waals surface area contributed by atoms with Crippen LogP contribution in [0.2, 0.25) is 0 Å². The molecule has 0 amide bonds. The van der Waals surface area contributed by atoms with Crippen molar-refractivity contribution in [3.05, 3.63) is 76.6 Å². The molecular weight excluding hydrogens is 428 g/mol. The largest absolute Gasteiger partial charge is 0.511 e. The Labute approximate surface area is 200 Å². The van der Waals surface area contributed by atoms with Gasteiger partial charge >= 0.3 is 5.97 Å². The van der Waals surface area contributed by atoms with Gasteiger partial charge in [0.15, 0.2) is 5.78 Å². The summed E-state index contributed by atoms with van der Waals surface area (Å²) in [6.07, 6.45) is 4.15. The molecule has 1 fully saturated rings. The molecule has 5 heteroatoms. The number of allylic oxidation sites excluding steroid dienone is 2. The molecule has 5 nitrogen and oxygen atoms in total. The highest BCUT2D eigenvalue weighted by molar-refractivity contribution is 5.98. The summed E-state index contributed by atoms with van der Waals surface area (Å²) in [5.41, 5.74) is 3.98. The molecule has 4 atom stereocenters. The third-order valence-corrected chi connectivity index (χ3v) is 8.49. The first-order chi connectivity index (χ1) is 16.4. The standard InChI is InChI=1S/C29H32O5/c1-29-14-13-22-21-10-8-20(34-17-18-5-3-2-4-6-18)15-19(21)7-9-23(22)25(29)16-24(28(29)33)26(30)11-12-27(31)32/h2-6,8,10,15,22-23,25,33H,7,9,11-14,16-17H2,1H3,(H,31,32)/t22?,23?,25?,29-/m0/s1. The number of rotatable bonds is 7. The van der Waals surface area contributed by atoms with Gasteiger partial charge in [-0.15, -0.1) is 0 Å². The number of aliphatic hydroxyl groups is 1. The minimum atomic E-state index is -0.980. The van der Waals surface area contributed by atoms with E-state index in [4.69, 9.17) is 9.84 Å². The van der Waals surface area contributed by atoms with Crippen molar-refractivity contribution in [3.63, 3.8) is 0 Å². The highest BCUT2D eigenvalue weighted by Gasteiger charge is 2.55. The van der Waals surface area contributed by atoms with Crippen molar-refractivity contribution in [1.82, 2.24) is 0 Å². The van der Waals surface area contributed by atoms with E-state index >= 15 is 0 Å². The van der Waals surface area contributed by atoms with E-state index in [1.807, 2.05) is 18.2 Å². The number of hydrogen-bond donors (Lipinski definition) is 2. The Balaban J connectivity index is 1.31. The summed E-state index contributed by atoms with van der Waals surface area (Å²) < 4.78 is 6.05. The lowest BCUT2D eigenvalue weighted by molar-refractivity contribution is -0.138. The first kappa shape index (κ1) is 22.7. The SMILES string of the molecule is C[C@]12CCC3c4ccc(OCc5ccccc5)cc4CCC3C1CC(C(=O)CCC(=O)O)=C2O. The Hall–Kier alpha value is -3.08. The van der Waals surface area contributed by atoms with Crippen LogP contribution in [0.15, 0.2) is 59.9 Å². The Morgan fingerprint density at radius 1 is 1.09 bits per heavy atom. The number of aliphatic carboxylic acids is 1. The molecule has 0 heterocycles. The average Bonchev–Trinajstić information content (AvgIpc) is 3.12. The van der Waals surface area contributed by atoms with Crippen molar-refractivity contribution >= 4 is 11.8 Å². The summed E-state index contributed by atoms with van der Waals surface area (Å²) in [7, 11) is 0. The Kier molecular flexibility index (Phi) is 5.97. The van der Waals surface area contributed by atoms with Crippen molar-refractivity contribution < 1.29 is 24.5 Å². The molecule has 0 saturated heterocycles. The van der Waals surface area contributed by atoms with Gasteiger partial charge in [0.05, 0.1) is 6.42 Å². The van der Waals surface area contributed by atoms with Gasteiger partial charge in [0.2, 0.25) is 0 Å². The number of fused-ring (bicyclic) bond motifs is 5. The third kappa shape index (κ3) is 4.02. The predicted octanol–water partition coefficient (Wildman–Crippen LogP) is 5.98. The van der Waals surface area contributed by atoms with Gasteiger partial charge in [-0.05, 0) is 78.7 Å². The lowest BCUT2D eigenvalue weighted by atomic mass is 9.55. The monoisotopic (exact) mass is 460 g/mol. The molecule has 0 aliphatic heterocycles. The zero-order chi connectivity index (χ0) is 23.9. The fourth-order valence-corrected chi connectivity index (χ4v) is 6.66. The smallest absolute Gasteiger partial charge is 0.303 e. The normalized spacial score (nSPS) is 27.5. The topological polar surface area (TPSA) is 83.8 Å². The second-order valence-electron chi connectivity index (χ2n) is 10.4. The van der Waals surface area contributed by atoms with Gasteiger partial charge in [-0.3, -0.25) is 9.59 Å². The minimum Gasteiger partial charge on any atom is -0.511 e. The molecule has 2 aromatic carbocycles. The number of carbonyl (C=O) groups is 2. The van der Waals surface area contributed by atoms with Crippen molar-refractivity contribution in [2.24, 2.45) is 17.3 Å². The number of Topliss-reactive ketones (excluding diaryl/α,β-unsaturated/α-hetero) is 1. The number of aliphatic hydroxyl groups excluding tert-OH is 1. The first-order valence-corrected chi connectivity index (χ1v) is 12.3. The molecule has 0 aromatic heterocycles. The molecule has 0 bridgehead atoms. The molecule has 178 valence electrons. The van der Waals surface area contributed by atoms with E-state index in [2.05, 4.69) is 37.3 Å². The van der Waals surface area contributed by atoms with Gasteiger partial charge in [-0.25, -0.2) is 0 Å². The number of aryl methyl sites for hydroxylation is 1. The fourth-order valence-electron chi connectivity index (χ4n) is 6.66. The van der Waals surface area contributed by atoms with Gasteiger partial charge in [0.25, 0.3) is 0 Å². The predicted molar refractivity (Wildman–Crippen MR) is 129 cm³/mol. The van der Waals surface area contributed by atoms with E-state index < -0.39 is 5.97 Å². The lowest BCUT2D eigenvalue weighted by Gasteiger charge is -2.49. The summed E-state index contributed by atoms with van der Waals surface area (Å²) >= 11 is 0. The van der Waals surface area contributed by atoms with Crippen LogP contribution < -0.4 is 4.74 Å². The molecule has 5 rings (SSSR count). The Morgan fingerprint density at radius 2 is 1.88 bits per heavy atom. The molecule has 0 spiro atoms. The molecule has 3 aliphatic carbocycles. The number of ether oxygens (including phenoxy) is 1. The highest BCUT2D eigenvalue weighted by Crippen LogP contribution is 2.62. The second kappa shape index (κ2) is 8.94. The Morgan fingerprint density at radius 3 is 2.65 bits per heavy atom. The van der Waals surface area contributed by atoms with E-state index in [0.717, 1.165) is 37.0 Å². The van der Waals surface area contributed by atoms with E-state index in [9.17, 15) is 14.7 Å². The summed E-state index contributed by atoms with van der Waals surface area (Å²) in [4.78, 5) is 23.6. The maximum absolute atomic E-state index is 12.7. The van der Waals surface area contributed by atoms with Crippen LogP contribution in [0.25, 0.3) is 0 Å². The van der Waals surface area contributed by atoms with Gasteiger partial charge < -0.3 is 14.9 Å². The molecular formula is C29H32O5. The second-order valence-corrected chi connectivity index (χ2v) is 10.4. The fraction of sp³-hybridized carbons (Fsp3) is 0.448. The third-order valence-electron chi connectivity index (χ3n) is 8.49. The Bertz CT molecular complexity index is 1130. The van der Waals surface area contributed by atoms with E-state index in [1.54, 1.807) is 0 Å². The minimum absolute atomic E-state index is 0.0415. The van der Waals surface area contributed by atoms with Crippen LogP contribution in [0.5, 0.6) is 5.75 Å². The van der Waals surface area contributed by atoms with Crippen LogP contribution in [0.1, 0.15) is 68.1 Å². The van der Waals surface area contributed by atoms with E-state index in [1.165, 1.54) is 11.1 Å². The molecule has 3 aliphatic rings. The maximum Gasteiger partial charge on any atom is 0.303 e. The van der Waals surface area contributed by atoms with Gasteiger partial charge in [-0.1, -0.05) is 43.3 Å². The summed E-state index contributed by atoms with van der Waals surface area (Å²) in [5, 5.41) is 20.0. The van der Waals surface area contributed by atoms with Gasteiger partial charge in [0.1, 0.15) is 18.1 Å².